The number of hydrogen-bond donors (Lipinski definition) is 1. The molecule has 0 atom stereocenters. The van der Waals surface area contributed by atoms with E-state index in [-0.39, 0.29) is 0 Å². The second kappa shape index (κ2) is 3.72. The van der Waals surface area contributed by atoms with Gasteiger partial charge in [-0.2, -0.15) is 0 Å². The lowest BCUT2D eigenvalue weighted by atomic mass is 10.4. The van der Waals surface area contributed by atoms with Gasteiger partial charge in [-0.1, -0.05) is 24.3 Å². The van der Waals surface area contributed by atoms with Crippen molar-refractivity contribution in [3.8, 4) is 0 Å². The molecule has 0 bridgehead atoms. The van der Waals surface area contributed by atoms with Gasteiger partial charge in [-0.05, 0) is 12.1 Å². The summed E-state index contributed by atoms with van der Waals surface area (Å²) in [5, 5.41) is 3.18. The Balaban J connectivity index is 2.50. The molecule has 0 heterocycles. The van der Waals surface area contributed by atoms with Crippen LogP contribution in [0.25, 0.3) is 0 Å². The van der Waals surface area contributed by atoms with Crippen LogP contribution in [0.4, 0.5) is 5.69 Å². The van der Waals surface area contributed by atoms with Crippen LogP contribution in [-0.2, 0) is 0 Å². The molecule has 1 nitrogen and oxygen atoms in total. The van der Waals surface area contributed by atoms with Gasteiger partial charge in [0.15, 0.2) is 0 Å². The van der Waals surface area contributed by atoms with Gasteiger partial charge in [0.25, 0.3) is 0 Å². The summed E-state index contributed by atoms with van der Waals surface area (Å²) in [4.78, 5) is 0. The molecule has 0 fully saturated rings. The highest BCUT2D eigenvalue weighted by Gasteiger charge is 1.82. The van der Waals surface area contributed by atoms with Crippen LogP contribution in [0.15, 0.2) is 43.0 Å². The molecule has 1 N–H and O–H groups in total. The van der Waals surface area contributed by atoms with Crippen molar-refractivity contribution in [3.05, 3.63) is 43.0 Å². The number of anilines is 1. The Labute approximate surface area is 61.4 Å². The summed E-state index contributed by atoms with van der Waals surface area (Å²) in [6.45, 7) is 4.44. The molecule has 0 amide bonds. The first kappa shape index (κ1) is 6.87. The summed E-state index contributed by atoms with van der Waals surface area (Å²) < 4.78 is 0. The lowest BCUT2D eigenvalue weighted by Gasteiger charge is -2.00. The molecule has 0 aromatic heterocycles. The highest BCUT2D eigenvalue weighted by molar-refractivity contribution is 5.42. The number of nitrogens with one attached hydrogen (secondary N) is 1. The minimum Gasteiger partial charge on any atom is -0.382 e. The summed E-state index contributed by atoms with van der Waals surface area (Å²) in [6.07, 6.45) is 1.84. The van der Waals surface area contributed by atoms with Crippen molar-refractivity contribution in [2.24, 2.45) is 0 Å². The smallest absolute Gasteiger partial charge is 0.0342 e. The van der Waals surface area contributed by atoms with Gasteiger partial charge in [-0.25, -0.2) is 0 Å². The second-order valence-corrected chi connectivity index (χ2v) is 2.04. The first-order valence-corrected chi connectivity index (χ1v) is 3.33. The Hall–Kier alpha value is -1.24. The predicted molar refractivity (Wildman–Crippen MR) is 45.1 cm³/mol. The van der Waals surface area contributed by atoms with Crippen LogP contribution in [0.5, 0.6) is 0 Å². The van der Waals surface area contributed by atoms with E-state index in [9.17, 15) is 0 Å². The topological polar surface area (TPSA) is 12.0 Å². The van der Waals surface area contributed by atoms with Crippen LogP contribution < -0.4 is 5.32 Å². The zero-order valence-corrected chi connectivity index (χ0v) is 5.88. The van der Waals surface area contributed by atoms with Gasteiger partial charge >= 0.3 is 0 Å². The predicted octanol–water partition coefficient (Wildman–Crippen LogP) is 2.28. The van der Waals surface area contributed by atoms with E-state index >= 15 is 0 Å². The zero-order valence-electron chi connectivity index (χ0n) is 5.88. The van der Waals surface area contributed by atoms with Crippen molar-refractivity contribution >= 4 is 5.69 Å². The maximum atomic E-state index is 3.61. The lowest BCUT2D eigenvalue weighted by molar-refractivity contribution is 1.34. The molecule has 1 aromatic rings. The van der Waals surface area contributed by atoms with Crippen LogP contribution >= 0.6 is 0 Å². The van der Waals surface area contributed by atoms with Crippen LogP contribution in [0, 0.1) is 0 Å². The van der Waals surface area contributed by atoms with Gasteiger partial charge in [0.05, 0.1) is 0 Å². The van der Waals surface area contributed by atoms with Gasteiger partial charge in [-0.15, -0.1) is 6.58 Å². The van der Waals surface area contributed by atoms with E-state index < -0.39 is 0 Å². The van der Waals surface area contributed by atoms with E-state index in [4.69, 9.17) is 0 Å². The van der Waals surface area contributed by atoms with Gasteiger partial charge in [0.2, 0.25) is 0 Å². The normalized spacial score (nSPS) is 8.80. The third-order valence-electron chi connectivity index (χ3n) is 1.22. The largest absolute Gasteiger partial charge is 0.382 e. The summed E-state index contributed by atoms with van der Waals surface area (Å²) in [5.41, 5.74) is 1.14. The Morgan fingerprint density at radius 2 is 2.00 bits per heavy atom. The molecule has 0 unspecified atom stereocenters. The number of rotatable bonds is 3. The highest BCUT2D eigenvalue weighted by atomic mass is 15.0. The first-order valence-electron chi connectivity index (χ1n) is 3.33. The standard InChI is InChI=1S/C9H11N/c1-2-8-10-9-6-4-3-5-7-9/h2-7,10H,1,8H2/i9+1. The summed E-state index contributed by atoms with van der Waals surface area (Å²) in [5.74, 6) is 0. The van der Waals surface area contributed by atoms with E-state index in [0.29, 0.717) is 0 Å². The van der Waals surface area contributed by atoms with Gasteiger partial charge in [0.1, 0.15) is 0 Å². The molecule has 0 saturated carbocycles. The Bertz CT molecular complexity index is 191. The number of para-hydroxylation sites is 1. The summed E-state index contributed by atoms with van der Waals surface area (Å²) in [7, 11) is 0. The van der Waals surface area contributed by atoms with Crippen molar-refractivity contribution in [3.63, 3.8) is 0 Å². The molecule has 1 rings (SSSR count). The minimum absolute atomic E-state index is 0.823. The second-order valence-electron chi connectivity index (χ2n) is 2.04. The molecule has 0 radical (unpaired) electrons. The number of benzene rings is 1. The maximum Gasteiger partial charge on any atom is 0.0342 e. The lowest BCUT2D eigenvalue weighted by Crippen LogP contribution is -1.96. The fraction of sp³-hybridized carbons (Fsp3) is 0.111. The molecule has 0 aliphatic rings. The average Bonchev–Trinajstić information content (AvgIpc) is 2.03. The third-order valence-corrected chi connectivity index (χ3v) is 1.22. The van der Waals surface area contributed by atoms with Crippen LogP contribution in [0.1, 0.15) is 0 Å². The van der Waals surface area contributed by atoms with Crippen LogP contribution in [-0.4, -0.2) is 6.54 Å². The van der Waals surface area contributed by atoms with Crippen molar-refractivity contribution in [2.75, 3.05) is 11.9 Å². The Morgan fingerprint density at radius 1 is 1.30 bits per heavy atom. The highest BCUT2D eigenvalue weighted by Crippen LogP contribution is 2.03. The first-order chi connectivity index (χ1) is 4.93. The van der Waals surface area contributed by atoms with Gasteiger partial charge < -0.3 is 5.32 Å². The van der Waals surface area contributed by atoms with E-state index in [2.05, 4.69) is 11.9 Å². The molecule has 0 spiro atoms. The minimum atomic E-state index is 0.823. The monoisotopic (exact) mass is 134 g/mol. The van der Waals surface area contributed by atoms with Gasteiger partial charge in [0, 0.05) is 12.2 Å². The van der Waals surface area contributed by atoms with Crippen LogP contribution in [0.3, 0.4) is 0 Å². The molecular weight excluding hydrogens is 123 g/mol. The summed E-state index contributed by atoms with van der Waals surface area (Å²) in [6, 6.07) is 10.1. The SMILES string of the molecule is C=CCN[13c]1ccccc1. The molecule has 1 aromatic carbocycles. The molecule has 10 heavy (non-hydrogen) atoms. The molecule has 0 aliphatic carbocycles. The fourth-order valence-electron chi connectivity index (χ4n) is 0.746. The molecule has 0 aliphatic heterocycles. The Kier molecular flexibility index (Phi) is 2.56. The van der Waals surface area contributed by atoms with Crippen molar-refractivity contribution < 1.29 is 0 Å². The Morgan fingerprint density at radius 3 is 2.60 bits per heavy atom. The van der Waals surface area contributed by atoms with Crippen molar-refractivity contribution in [1.82, 2.24) is 0 Å². The third kappa shape index (κ3) is 1.94. The van der Waals surface area contributed by atoms with E-state index in [1.165, 1.54) is 0 Å². The molecule has 0 saturated heterocycles. The average molecular weight is 134 g/mol. The molecule has 1 heteroatoms. The quantitative estimate of drug-likeness (QED) is 0.625. The molecular formula is C9H11N. The maximum absolute atomic E-state index is 3.61. The van der Waals surface area contributed by atoms with E-state index in [1.54, 1.807) is 0 Å². The van der Waals surface area contributed by atoms with Gasteiger partial charge in [-0.3, -0.25) is 0 Å². The molecule has 52 valence electrons. The van der Waals surface area contributed by atoms with Crippen LogP contribution in [0.2, 0.25) is 0 Å². The van der Waals surface area contributed by atoms with E-state index in [0.717, 1.165) is 12.2 Å². The van der Waals surface area contributed by atoms with Crippen molar-refractivity contribution in [2.45, 2.75) is 0 Å². The van der Waals surface area contributed by atoms with E-state index in [1.807, 2.05) is 36.4 Å². The summed E-state index contributed by atoms with van der Waals surface area (Å²) >= 11 is 0. The number of hydrogen-bond acceptors (Lipinski definition) is 1. The fourth-order valence-corrected chi connectivity index (χ4v) is 0.746. The van der Waals surface area contributed by atoms with Crippen molar-refractivity contribution in [1.29, 1.82) is 0 Å². The zero-order chi connectivity index (χ0) is 7.23.